The molecule has 2 aliphatic rings. The number of aromatic nitrogens is 2. The second kappa shape index (κ2) is 9.35. The SMILES string of the molecule is CC(=O)N1CCN(c2nc(NC(C)c3ccc(C(F)(F)F)cc3)c3c(n2)C(=O)N(C(C)C)C3)CC1. The Labute approximate surface area is 202 Å². The molecule has 1 atom stereocenters. The first-order chi connectivity index (χ1) is 16.5. The van der Waals surface area contributed by atoms with E-state index < -0.39 is 11.7 Å². The van der Waals surface area contributed by atoms with Gasteiger partial charge in [-0.05, 0) is 38.5 Å². The lowest BCUT2D eigenvalue weighted by atomic mass is 10.1. The number of amides is 2. The van der Waals surface area contributed by atoms with E-state index in [4.69, 9.17) is 4.98 Å². The maximum atomic E-state index is 13.1. The Balaban J connectivity index is 1.63. The third-order valence-electron chi connectivity index (χ3n) is 6.51. The summed E-state index contributed by atoms with van der Waals surface area (Å²) >= 11 is 0. The Morgan fingerprint density at radius 3 is 2.20 bits per heavy atom. The minimum atomic E-state index is -4.40. The second-order valence-electron chi connectivity index (χ2n) is 9.21. The summed E-state index contributed by atoms with van der Waals surface area (Å²) in [6, 6.07) is 4.61. The first-order valence-electron chi connectivity index (χ1n) is 11.6. The molecule has 2 amide bonds. The highest BCUT2D eigenvalue weighted by atomic mass is 19.4. The average Bonchev–Trinajstić information content (AvgIpc) is 3.15. The third kappa shape index (κ3) is 5.03. The number of nitrogens with zero attached hydrogens (tertiary/aromatic N) is 5. The Morgan fingerprint density at radius 1 is 1.03 bits per heavy atom. The zero-order chi connectivity index (χ0) is 25.5. The molecule has 0 saturated carbocycles. The number of fused-ring (bicyclic) bond motifs is 1. The van der Waals surface area contributed by atoms with E-state index in [9.17, 15) is 22.8 Å². The minimum Gasteiger partial charge on any atom is -0.363 e. The summed E-state index contributed by atoms with van der Waals surface area (Å²) in [6.07, 6.45) is -4.40. The van der Waals surface area contributed by atoms with Crippen molar-refractivity contribution < 1.29 is 22.8 Å². The lowest BCUT2D eigenvalue weighted by Gasteiger charge is -2.34. The normalized spacial score (nSPS) is 17.1. The predicted molar refractivity (Wildman–Crippen MR) is 125 cm³/mol. The molecule has 1 aromatic heterocycles. The van der Waals surface area contributed by atoms with E-state index in [-0.39, 0.29) is 23.9 Å². The minimum absolute atomic E-state index is 0.00926. The summed E-state index contributed by atoms with van der Waals surface area (Å²) in [5.74, 6) is 0.720. The largest absolute Gasteiger partial charge is 0.416 e. The van der Waals surface area contributed by atoms with Gasteiger partial charge in [0.25, 0.3) is 5.91 Å². The number of rotatable bonds is 5. The summed E-state index contributed by atoms with van der Waals surface area (Å²) < 4.78 is 38.9. The van der Waals surface area contributed by atoms with Crippen molar-refractivity contribution in [3.8, 4) is 0 Å². The van der Waals surface area contributed by atoms with Crippen molar-refractivity contribution in [2.24, 2.45) is 0 Å². The van der Waals surface area contributed by atoms with Crippen molar-refractivity contribution in [3.05, 3.63) is 46.6 Å². The molecule has 1 unspecified atom stereocenters. The van der Waals surface area contributed by atoms with Gasteiger partial charge in [0.15, 0.2) is 0 Å². The monoisotopic (exact) mass is 490 g/mol. The second-order valence-corrected chi connectivity index (χ2v) is 9.21. The third-order valence-corrected chi connectivity index (χ3v) is 6.51. The number of benzene rings is 1. The van der Waals surface area contributed by atoms with Crippen LogP contribution in [-0.4, -0.2) is 63.8 Å². The number of hydrogen-bond donors (Lipinski definition) is 1. The van der Waals surface area contributed by atoms with E-state index in [1.54, 1.807) is 9.80 Å². The number of alkyl halides is 3. The van der Waals surface area contributed by atoms with E-state index in [1.807, 2.05) is 25.7 Å². The molecule has 1 aromatic carbocycles. The summed E-state index contributed by atoms with van der Waals surface area (Å²) in [5.41, 5.74) is 0.960. The highest BCUT2D eigenvalue weighted by Gasteiger charge is 2.36. The fourth-order valence-corrected chi connectivity index (χ4v) is 4.33. The molecule has 2 aromatic rings. The molecular weight excluding hydrogens is 461 g/mol. The Bertz CT molecular complexity index is 1110. The van der Waals surface area contributed by atoms with Gasteiger partial charge in [0.05, 0.1) is 12.1 Å². The van der Waals surface area contributed by atoms with Crippen LogP contribution in [0, 0.1) is 0 Å². The van der Waals surface area contributed by atoms with Gasteiger partial charge in [-0.1, -0.05) is 12.1 Å². The first kappa shape index (κ1) is 24.7. The molecule has 0 radical (unpaired) electrons. The van der Waals surface area contributed by atoms with E-state index in [2.05, 4.69) is 10.3 Å². The molecule has 8 nitrogen and oxygen atoms in total. The standard InChI is InChI=1S/C24H29F3N6O2/c1-14(2)33-13-19-20(22(33)35)29-23(32-11-9-31(10-12-32)16(4)34)30-21(19)28-15(3)17-5-7-18(8-6-17)24(25,26)27/h5-8,14-15H,9-13H2,1-4H3,(H,28,29,30). The van der Waals surface area contributed by atoms with Crippen molar-refractivity contribution in [1.82, 2.24) is 19.8 Å². The maximum absolute atomic E-state index is 13.1. The van der Waals surface area contributed by atoms with Crippen molar-refractivity contribution in [2.45, 2.75) is 52.5 Å². The molecule has 0 aliphatic carbocycles. The van der Waals surface area contributed by atoms with Gasteiger partial charge < -0.3 is 20.0 Å². The van der Waals surface area contributed by atoms with Crippen LogP contribution in [0.25, 0.3) is 0 Å². The Kier molecular flexibility index (Phi) is 6.61. The Hall–Kier alpha value is -3.37. The number of nitrogens with one attached hydrogen (secondary N) is 1. The molecule has 1 N–H and O–H groups in total. The van der Waals surface area contributed by atoms with Crippen LogP contribution in [0.15, 0.2) is 24.3 Å². The number of hydrogen-bond acceptors (Lipinski definition) is 6. The zero-order valence-electron chi connectivity index (χ0n) is 20.2. The molecule has 0 bridgehead atoms. The van der Waals surface area contributed by atoms with Crippen LogP contribution < -0.4 is 10.2 Å². The summed E-state index contributed by atoms with van der Waals surface area (Å²) in [6.45, 7) is 9.72. The van der Waals surface area contributed by atoms with Crippen molar-refractivity contribution in [3.63, 3.8) is 0 Å². The molecule has 11 heteroatoms. The lowest BCUT2D eigenvalue weighted by molar-refractivity contribution is -0.137. The van der Waals surface area contributed by atoms with Crippen LogP contribution >= 0.6 is 0 Å². The van der Waals surface area contributed by atoms with E-state index >= 15 is 0 Å². The lowest BCUT2D eigenvalue weighted by Crippen LogP contribution is -2.48. The fourth-order valence-electron chi connectivity index (χ4n) is 4.33. The average molecular weight is 491 g/mol. The first-order valence-corrected chi connectivity index (χ1v) is 11.6. The van der Waals surface area contributed by atoms with Crippen molar-refractivity contribution in [2.75, 3.05) is 36.4 Å². The van der Waals surface area contributed by atoms with Crippen LogP contribution in [0.4, 0.5) is 24.9 Å². The van der Waals surface area contributed by atoms with E-state index in [0.717, 1.165) is 12.1 Å². The van der Waals surface area contributed by atoms with E-state index in [0.29, 0.717) is 61.3 Å². The van der Waals surface area contributed by atoms with Gasteiger partial charge in [0, 0.05) is 50.7 Å². The summed E-state index contributed by atoms with van der Waals surface area (Å²) in [7, 11) is 0. The quantitative estimate of drug-likeness (QED) is 0.689. The van der Waals surface area contributed by atoms with Gasteiger partial charge in [0.2, 0.25) is 11.9 Å². The van der Waals surface area contributed by atoms with Gasteiger partial charge in [-0.15, -0.1) is 0 Å². The molecule has 2 aliphatic heterocycles. The fraction of sp³-hybridized carbons (Fsp3) is 0.500. The van der Waals surface area contributed by atoms with Crippen molar-refractivity contribution >= 4 is 23.6 Å². The van der Waals surface area contributed by atoms with Gasteiger partial charge in [-0.25, -0.2) is 4.98 Å². The van der Waals surface area contributed by atoms with Crippen LogP contribution in [0.3, 0.4) is 0 Å². The smallest absolute Gasteiger partial charge is 0.363 e. The highest BCUT2D eigenvalue weighted by molar-refractivity contribution is 5.98. The molecular formula is C24H29F3N6O2. The van der Waals surface area contributed by atoms with Crippen LogP contribution in [0.2, 0.25) is 0 Å². The molecule has 4 rings (SSSR count). The number of anilines is 2. The number of halogens is 3. The predicted octanol–water partition coefficient (Wildman–Crippen LogP) is 3.70. The van der Waals surface area contributed by atoms with Crippen LogP contribution in [0.5, 0.6) is 0 Å². The van der Waals surface area contributed by atoms with Crippen LogP contribution in [-0.2, 0) is 17.5 Å². The van der Waals surface area contributed by atoms with Gasteiger partial charge >= 0.3 is 6.18 Å². The number of carbonyl (C=O) groups excluding carboxylic acids is 2. The maximum Gasteiger partial charge on any atom is 0.416 e. The van der Waals surface area contributed by atoms with Gasteiger partial charge in [-0.3, -0.25) is 9.59 Å². The highest BCUT2D eigenvalue weighted by Crippen LogP contribution is 2.34. The number of carbonyl (C=O) groups is 2. The molecule has 35 heavy (non-hydrogen) atoms. The summed E-state index contributed by atoms with van der Waals surface area (Å²) in [4.78, 5) is 39.5. The van der Waals surface area contributed by atoms with Gasteiger partial charge in [-0.2, -0.15) is 18.2 Å². The van der Waals surface area contributed by atoms with E-state index in [1.165, 1.54) is 19.1 Å². The van der Waals surface area contributed by atoms with Crippen LogP contribution in [0.1, 0.15) is 60.9 Å². The molecule has 3 heterocycles. The Morgan fingerprint density at radius 2 is 1.66 bits per heavy atom. The molecule has 188 valence electrons. The zero-order valence-corrected chi connectivity index (χ0v) is 20.2. The van der Waals surface area contributed by atoms with Crippen molar-refractivity contribution in [1.29, 1.82) is 0 Å². The summed E-state index contributed by atoms with van der Waals surface area (Å²) in [5, 5.41) is 3.30. The topological polar surface area (TPSA) is 81.7 Å². The molecule has 1 fully saturated rings. The molecule has 1 saturated heterocycles. The van der Waals surface area contributed by atoms with Gasteiger partial charge in [0.1, 0.15) is 11.5 Å². The number of piperazine rings is 1. The molecule has 0 spiro atoms.